The molecule has 2 aromatic carbocycles. The number of carbonyl (C=O) groups excluding carboxylic acids is 1. The summed E-state index contributed by atoms with van der Waals surface area (Å²) in [4.78, 5) is 21.0. The van der Waals surface area contributed by atoms with Crippen LogP contribution in [0.5, 0.6) is 11.6 Å². The highest BCUT2D eigenvalue weighted by molar-refractivity contribution is 5.94. The van der Waals surface area contributed by atoms with Gasteiger partial charge in [-0.1, -0.05) is 6.92 Å². The minimum Gasteiger partial charge on any atom is -0.435 e. The molecule has 154 valence electrons. The molecule has 30 heavy (non-hydrogen) atoms. The van der Waals surface area contributed by atoms with E-state index >= 15 is 4.39 Å². The summed E-state index contributed by atoms with van der Waals surface area (Å²) in [6.45, 7) is 8.31. The van der Waals surface area contributed by atoms with Crippen molar-refractivity contribution in [1.29, 1.82) is 0 Å². The lowest BCUT2D eigenvalue weighted by Gasteiger charge is -2.11. The van der Waals surface area contributed by atoms with Crippen LogP contribution in [0.1, 0.15) is 30.2 Å². The Kier molecular flexibility index (Phi) is 5.11. The zero-order valence-electron chi connectivity index (χ0n) is 17.4. The maximum atomic E-state index is 15.3. The molecule has 2 aromatic heterocycles. The number of nitrogens with zero attached hydrogens (tertiary/aromatic N) is 3. The van der Waals surface area contributed by atoms with Gasteiger partial charge in [-0.15, -0.1) is 0 Å². The zero-order valence-corrected chi connectivity index (χ0v) is 17.4. The lowest BCUT2D eigenvalue weighted by molar-refractivity contribution is 0.243. The quantitative estimate of drug-likeness (QED) is 0.492. The van der Waals surface area contributed by atoms with Crippen LogP contribution in [-0.2, 0) is 0 Å². The number of aromatic nitrogens is 3. The van der Waals surface area contributed by atoms with E-state index < -0.39 is 5.82 Å². The van der Waals surface area contributed by atoms with Crippen molar-refractivity contribution < 1.29 is 13.9 Å². The molecule has 0 fully saturated rings. The van der Waals surface area contributed by atoms with Gasteiger partial charge in [0.15, 0.2) is 11.6 Å². The van der Waals surface area contributed by atoms with E-state index in [9.17, 15) is 4.79 Å². The second-order valence-corrected chi connectivity index (χ2v) is 7.40. The fourth-order valence-electron chi connectivity index (χ4n) is 3.50. The van der Waals surface area contributed by atoms with Crippen LogP contribution in [-0.4, -0.2) is 27.1 Å². The van der Waals surface area contributed by atoms with Crippen molar-refractivity contribution in [3.63, 3.8) is 0 Å². The fourth-order valence-corrected chi connectivity index (χ4v) is 3.50. The van der Waals surface area contributed by atoms with Crippen molar-refractivity contribution in [1.82, 2.24) is 19.9 Å². The number of rotatable bonds is 4. The topological polar surface area (TPSA) is 69.0 Å². The average molecular weight is 406 g/mol. The number of nitrogens with one attached hydrogen (secondary N) is 1. The number of amides is 1. The lowest BCUT2D eigenvalue weighted by atomic mass is 10.1. The first kappa shape index (κ1) is 19.8. The van der Waals surface area contributed by atoms with E-state index in [1.165, 1.54) is 17.0 Å². The van der Waals surface area contributed by atoms with Gasteiger partial charge in [0.05, 0.1) is 16.4 Å². The molecule has 0 bridgehead atoms. The average Bonchev–Trinajstić information content (AvgIpc) is 3.06. The summed E-state index contributed by atoms with van der Waals surface area (Å²) < 4.78 is 22.6. The van der Waals surface area contributed by atoms with Crippen molar-refractivity contribution in [2.24, 2.45) is 0 Å². The molecule has 0 saturated carbocycles. The van der Waals surface area contributed by atoms with Crippen LogP contribution in [0, 0.1) is 26.6 Å². The molecule has 4 rings (SSSR count). The van der Waals surface area contributed by atoms with Gasteiger partial charge in [-0.3, -0.25) is 4.57 Å². The van der Waals surface area contributed by atoms with E-state index in [1.54, 1.807) is 19.1 Å². The molecule has 6 nitrogen and oxygen atoms in total. The van der Waals surface area contributed by atoms with Gasteiger partial charge in [0.25, 0.3) is 0 Å². The number of benzene rings is 2. The standard InChI is InChI=1S/C23H23FN4O2/c1-5-8-25-23(29)28-15(4)11-17-19(28)6-7-20(21(17)24)30-22-16-9-13(2)14(3)10-18(16)26-12-27-22/h6-7,9-12H,5,8H2,1-4H3,(H,25,29). The second kappa shape index (κ2) is 7.74. The molecule has 0 radical (unpaired) electrons. The first-order chi connectivity index (χ1) is 14.4. The molecule has 0 saturated heterocycles. The lowest BCUT2D eigenvalue weighted by Crippen LogP contribution is -2.29. The van der Waals surface area contributed by atoms with Gasteiger partial charge in [0.2, 0.25) is 5.88 Å². The smallest absolute Gasteiger partial charge is 0.326 e. The monoisotopic (exact) mass is 406 g/mol. The molecule has 0 atom stereocenters. The SMILES string of the molecule is CCCNC(=O)n1c(C)cc2c(F)c(Oc3ncnc4cc(C)c(C)cc34)ccc21. The van der Waals surface area contributed by atoms with E-state index in [2.05, 4.69) is 15.3 Å². The third kappa shape index (κ3) is 3.36. The van der Waals surface area contributed by atoms with Crippen LogP contribution in [0.4, 0.5) is 9.18 Å². The molecule has 4 aromatic rings. The molecule has 0 aliphatic carbocycles. The first-order valence-corrected chi connectivity index (χ1v) is 9.89. The summed E-state index contributed by atoms with van der Waals surface area (Å²) in [5.74, 6) is -0.196. The fraction of sp³-hybridized carbons (Fsp3) is 0.261. The van der Waals surface area contributed by atoms with Gasteiger partial charge in [-0.05, 0) is 68.7 Å². The number of hydrogen-bond donors (Lipinski definition) is 1. The Morgan fingerprint density at radius 3 is 2.63 bits per heavy atom. The van der Waals surface area contributed by atoms with Crippen molar-refractivity contribution in [3.8, 4) is 11.6 Å². The number of aryl methyl sites for hydroxylation is 3. The summed E-state index contributed by atoms with van der Waals surface area (Å²) in [5.41, 5.74) is 4.05. The Bertz CT molecular complexity index is 1280. The molecule has 2 heterocycles. The van der Waals surface area contributed by atoms with E-state index in [0.29, 0.717) is 28.5 Å². The minimum atomic E-state index is -0.534. The second-order valence-electron chi connectivity index (χ2n) is 7.40. The Labute approximate surface area is 173 Å². The Balaban J connectivity index is 1.76. The number of halogens is 1. The summed E-state index contributed by atoms with van der Waals surface area (Å²) in [6.07, 6.45) is 2.23. The highest BCUT2D eigenvalue weighted by Crippen LogP contribution is 2.34. The van der Waals surface area contributed by atoms with Crippen LogP contribution in [0.15, 0.2) is 36.7 Å². The Morgan fingerprint density at radius 1 is 1.10 bits per heavy atom. The number of fused-ring (bicyclic) bond motifs is 2. The van der Waals surface area contributed by atoms with Crippen molar-refractivity contribution in [3.05, 3.63) is 59.3 Å². The highest BCUT2D eigenvalue weighted by atomic mass is 19.1. The van der Waals surface area contributed by atoms with E-state index in [-0.39, 0.29) is 17.7 Å². The predicted molar refractivity (Wildman–Crippen MR) is 115 cm³/mol. The van der Waals surface area contributed by atoms with Crippen LogP contribution in [0.3, 0.4) is 0 Å². The predicted octanol–water partition coefficient (Wildman–Crippen LogP) is 5.41. The molecule has 1 amide bonds. The highest BCUT2D eigenvalue weighted by Gasteiger charge is 2.19. The summed E-state index contributed by atoms with van der Waals surface area (Å²) in [7, 11) is 0. The third-order valence-electron chi connectivity index (χ3n) is 5.22. The molecular weight excluding hydrogens is 383 g/mol. The molecular formula is C23H23FN4O2. The maximum absolute atomic E-state index is 15.3. The third-order valence-corrected chi connectivity index (χ3v) is 5.22. The summed E-state index contributed by atoms with van der Waals surface area (Å²) in [5, 5.41) is 3.86. The number of ether oxygens (including phenoxy) is 1. The van der Waals surface area contributed by atoms with Crippen molar-refractivity contribution in [2.45, 2.75) is 34.1 Å². The number of hydrogen-bond acceptors (Lipinski definition) is 4. The molecule has 1 N–H and O–H groups in total. The minimum absolute atomic E-state index is 0.0480. The van der Waals surface area contributed by atoms with Gasteiger partial charge in [-0.2, -0.15) is 0 Å². The van der Waals surface area contributed by atoms with Crippen LogP contribution in [0.25, 0.3) is 21.8 Å². The van der Waals surface area contributed by atoms with Crippen LogP contribution >= 0.6 is 0 Å². The Hall–Kier alpha value is -3.48. The van der Waals surface area contributed by atoms with Crippen molar-refractivity contribution >= 4 is 27.8 Å². The van der Waals surface area contributed by atoms with Crippen LogP contribution < -0.4 is 10.1 Å². The molecule has 7 heteroatoms. The van der Waals surface area contributed by atoms with Gasteiger partial charge in [0.1, 0.15) is 6.33 Å². The summed E-state index contributed by atoms with van der Waals surface area (Å²) >= 11 is 0. The molecule has 0 aliphatic rings. The van der Waals surface area contributed by atoms with Gasteiger partial charge in [-0.25, -0.2) is 19.2 Å². The molecule has 0 aliphatic heterocycles. The van der Waals surface area contributed by atoms with Gasteiger partial charge >= 0.3 is 6.03 Å². The maximum Gasteiger partial charge on any atom is 0.326 e. The largest absolute Gasteiger partial charge is 0.435 e. The van der Waals surface area contributed by atoms with Crippen LogP contribution in [0.2, 0.25) is 0 Å². The molecule has 0 spiro atoms. The van der Waals surface area contributed by atoms with Gasteiger partial charge < -0.3 is 10.1 Å². The van der Waals surface area contributed by atoms with Crippen molar-refractivity contribution in [2.75, 3.05) is 6.54 Å². The normalized spacial score (nSPS) is 11.2. The van der Waals surface area contributed by atoms with Gasteiger partial charge in [0, 0.05) is 17.6 Å². The number of carbonyl (C=O) groups is 1. The zero-order chi connectivity index (χ0) is 21.4. The molecule has 0 unspecified atom stereocenters. The van der Waals surface area contributed by atoms with E-state index in [1.807, 2.05) is 32.9 Å². The van der Waals surface area contributed by atoms with E-state index in [0.717, 1.165) is 23.1 Å². The van der Waals surface area contributed by atoms with E-state index in [4.69, 9.17) is 4.74 Å². The first-order valence-electron chi connectivity index (χ1n) is 9.89. The summed E-state index contributed by atoms with van der Waals surface area (Å²) in [6, 6.07) is 8.48. The Morgan fingerprint density at radius 2 is 1.87 bits per heavy atom.